The van der Waals surface area contributed by atoms with Gasteiger partial charge in [-0.1, -0.05) is 26.2 Å². The molecule has 0 aliphatic carbocycles. The Morgan fingerprint density at radius 1 is 0.882 bits per heavy atom. The summed E-state index contributed by atoms with van der Waals surface area (Å²) in [5, 5.41) is 3.56. The Morgan fingerprint density at radius 2 is 1.59 bits per heavy atom. The molecule has 0 saturated carbocycles. The van der Waals surface area contributed by atoms with Crippen LogP contribution >= 0.6 is 0 Å². The smallest absolute Gasteiger partial charge is 0.0110 e. The van der Waals surface area contributed by atoms with E-state index in [4.69, 9.17) is 0 Å². The lowest BCUT2D eigenvalue weighted by Gasteiger charge is -2.32. The van der Waals surface area contributed by atoms with Gasteiger partial charge in [0.05, 0.1) is 0 Å². The van der Waals surface area contributed by atoms with Crippen LogP contribution in [-0.4, -0.2) is 62.7 Å². The second kappa shape index (κ2) is 9.86. The normalized spacial score (nSPS) is 18.7. The maximum atomic E-state index is 3.56. The van der Waals surface area contributed by atoms with Crippen LogP contribution in [0.15, 0.2) is 0 Å². The highest BCUT2D eigenvalue weighted by molar-refractivity contribution is 4.69. The summed E-state index contributed by atoms with van der Waals surface area (Å²) in [5.41, 5.74) is 0. The summed E-state index contributed by atoms with van der Waals surface area (Å²) >= 11 is 0. The van der Waals surface area contributed by atoms with Crippen LogP contribution in [0.5, 0.6) is 0 Å². The average molecular weight is 241 g/mol. The third-order valence-electron chi connectivity index (χ3n) is 3.63. The van der Waals surface area contributed by atoms with E-state index in [1.165, 1.54) is 77.9 Å². The zero-order chi connectivity index (χ0) is 12.3. The number of piperazine rings is 1. The molecule has 17 heavy (non-hydrogen) atoms. The van der Waals surface area contributed by atoms with Crippen molar-refractivity contribution in [3.05, 3.63) is 0 Å². The number of likely N-dealkylation sites (N-methyl/N-ethyl adjacent to an activating group) is 1. The van der Waals surface area contributed by atoms with Gasteiger partial charge < -0.3 is 15.1 Å². The molecular formula is C14H31N3. The van der Waals surface area contributed by atoms with Gasteiger partial charge in [0.25, 0.3) is 0 Å². The van der Waals surface area contributed by atoms with E-state index < -0.39 is 0 Å². The molecule has 1 rings (SSSR count). The zero-order valence-electron chi connectivity index (χ0n) is 11.9. The van der Waals surface area contributed by atoms with Crippen LogP contribution in [0, 0.1) is 0 Å². The standard InChI is InChI=1S/C14H31N3/c1-3-4-5-6-8-15-9-7-10-17-13-11-16(2)12-14-17/h15H,3-14H2,1-2H3. The maximum Gasteiger partial charge on any atom is 0.0110 e. The van der Waals surface area contributed by atoms with Gasteiger partial charge in [0.2, 0.25) is 0 Å². The Bertz CT molecular complexity index is 165. The van der Waals surface area contributed by atoms with Crippen LogP contribution in [0.25, 0.3) is 0 Å². The zero-order valence-corrected chi connectivity index (χ0v) is 11.9. The van der Waals surface area contributed by atoms with Gasteiger partial charge in [-0.05, 0) is 39.5 Å². The summed E-state index contributed by atoms with van der Waals surface area (Å²) in [5.74, 6) is 0. The Hall–Kier alpha value is -0.120. The second-order valence-corrected chi connectivity index (χ2v) is 5.31. The number of nitrogens with one attached hydrogen (secondary N) is 1. The van der Waals surface area contributed by atoms with Gasteiger partial charge in [-0.15, -0.1) is 0 Å². The van der Waals surface area contributed by atoms with Gasteiger partial charge >= 0.3 is 0 Å². The van der Waals surface area contributed by atoms with Crippen molar-refractivity contribution in [1.29, 1.82) is 0 Å². The first kappa shape index (κ1) is 14.9. The molecule has 1 saturated heterocycles. The molecule has 1 heterocycles. The van der Waals surface area contributed by atoms with Crippen LogP contribution in [0.2, 0.25) is 0 Å². The van der Waals surface area contributed by atoms with E-state index in [9.17, 15) is 0 Å². The fourth-order valence-electron chi connectivity index (χ4n) is 2.30. The van der Waals surface area contributed by atoms with Gasteiger partial charge in [-0.25, -0.2) is 0 Å². The van der Waals surface area contributed by atoms with E-state index in [-0.39, 0.29) is 0 Å². The topological polar surface area (TPSA) is 18.5 Å². The molecule has 3 nitrogen and oxygen atoms in total. The van der Waals surface area contributed by atoms with Crippen molar-refractivity contribution < 1.29 is 0 Å². The molecule has 0 aromatic carbocycles. The van der Waals surface area contributed by atoms with E-state index in [2.05, 4.69) is 29.1 Å². The molecule has 1 fully saturated rings. The van der Waals surface area contributed by atoms with Crippen LogP contribution in [0.1, 0.15) is 39.0 Å². The first-order valence-corrected chi connectivity index (χ1v) is 7.44. The summed E-state index contributed by atoms with van der Waals surface area (Å²) in [4.78, 5) is 5.02. The Labute approximate surface area is 108 Å². The van der Waals surface area contributed by atoms with Crippen molar-refractivity contribution in [2.75, 3.05) is 52.9 Å². The highest BCUT2D eigenvalue weighted by atomic mass is 15.2. The minimum atomic E-state index is 1.19. The van der Waals surface area contributed by atoms with Gasteiger partial charge in [-0.2, -0.15) is 0 Å². The predicted molar refractivity (Wildman–Crippen MR) is 75.6 cm³/mol. The lowest BCUT2D eigenvalue weighted by molar-refractivity contribution is 0.153. The van der Waals surface area contributed by atoms with Gasteiger partial charge in [0.1, 0.15) is 0 Å². The molecule has 3 heteroatoms. The SMILES string of the molecule is CCCCCCNCCCN1CCN(C)CC1. The molecule has 1 aliphatic rings. The number of unbranched alkanes of at least 4 members (excludes halogenated alkanes) is 3. The second-order valence-electron chi connectivity index (χ2n) is 5.31. The molecule has 0 spiro atoms. The molecule has 0 atom stereocenters. The summed E-state index contributed by atoms with van der Waals surface area (Å²) < 4.78 is 0. The summed E-state index contributed by atoms with van der Waals surface area (Å²) in [6.07, 6.45) is 6.77. The van der Waals surface area contributed by atoms with Crippen molar-refractivity contribution in [3.8, 4) is 0 Å². The lowest BCUT2D eigenvalue weighted by atomic mass is 10.2. The minimum Gasteiger partial charge on any atom is -0.317 e. The fourth-order valence-corrected chi connectivity index (χ4v) is 2.30. The first-order chi connectivity index (χ1) is 8.33. The Balaban J connectivity index is 1.81. The third kappa shape index (κ3) is 7.74. The van der Waals surface area contributed by atoms with Gasteiger partial charge in [0, 0.05) is 26.2 Å². The molecule has 0 aromatic rings. The highest BCUT2D eigenvalue weighted by Gasteiger charge is 2.12. The van der Waals surface area contributed by atoms with Gasteiger partial charge in [-0.3, -0.25) is 0 Å². The van der Waals surface area contributed by atoms with E-state index in [1.54, 1.807) is 0 Å². The predicted octanol–water partition coefficient (Wildman–Crippen LogP) is 1.79. The number of rotatable bonds is 9. The minimum absolute atomic E-state index is 1.19. The monoisotopic (exact) mass is 241 g/mol. The fraction of sp³-hybridized carbons (Fsp3) is 1.00. The number of hydrogen-bond acceptors (Lipinski definition) is 3. The van der Waals surface area contributed by atoms with E-state index in [0.29, 0.717) is 0 Å². The summed E-state index contributed by atoms with van der Waals surface area (Å²) in [6.45, 7) is 10.9. The van der Waals surface area contributed by atoms with Crippen LogP contribution < -0.4 is 5.32 Å². The van der Waals surface area contributed by atoms with Crippen LogP contribution in [0.3, 0.4) is 0 Å². The summed E-state index contributed by atoms with van der Waals surface area (Å²) in [7, 11) is 2.22. The largest absolute Gasteiger partial charge is 0.317 e. The van der Waals surface area contributed by atoms with Gasteiger partial charge in [0.15, 0.2) is 0 Å². The summed E-state index contributed by atoms with van der Waals surface area (Å²) in [6, 6.07) is 0. The van der Waals surface area contributed by atoms with Crippen molar-refractivity contribution >= 4 is 0 Å². The molecule has 0 unspecified atom stereocenters. The first-order valence-electron chi connectivity index (χ1n) is 7.44. The molecule has 1 aliphatic heterocycles. The van der Waals surface area contributed by atoms with Crippen LogP contribution in [0.4, 0.5) is 0 Å². The molecule has 1 N–H and O–H groups in total. The third-order valence-corrected chi connectivity index (χ3v) is 3.63. The lowest BCUT2D eigenvalue weighted by Crippen LogP contribution is -2.45. The highest BCUT2D eigenvalue weighted by Crippen LogP contribution is 2.00. The number of hydrogen-bond donors (Lipinski definition) is 1. The maximum absolute atomic E-state index is 3.56. The molecule has 0 aromatic heterocycles. The number of nitrogens with zero attached hydrogens (tertiary/aromatic N) is 2. The van der Waals surface area contributed by atoms with Crippen molar-refractivity contribution in [2.24, 2.45) is 0 Å². The van der Waals surface area contributed by atoms with Crippen molar-refractivity contribution in [2.45, 2.75) is 39.0 Å². The Kier molecular flexibility index (Phi) is 8.67. The van der Waals surface area contributed by atoms with Crippen molar-refractivity contribution in [1.82, 2.24) is 15.1 Å². The van der Waals surface area contributed by atoms with E-state index >= 15 is 0 Å². The Morgan fingerprint density at radius 3 is 2.29 bits per heavy atom. The molecule has 0 radical (unpaired) electrons. The molecular weight excluding hydrogens is 210 g/mol. The average Bonchev–Trinajstić information content (AvgIpc) is 2.35. The van der Waals surface area contributed by atoms with E-state index in [1.807, 2.05) is 0 Å². The van der Waals surface area contributed by atoms with E-state index in [0.717, 1.165) is 0 Å². The van der Waals surface area contributed by atoms with Crippen LogP contribution in [-0.2, 0) is 0 Å². The molecule has 0 bridgehead atoms. The van der Waals surface area contributed by atoms with Crippen molar-refractivity contribution in [3.63, 3.8) is 0 Å². The quantitative estimate of drug-likeness (QED) is 0.621. The molecule has 0 amide bonds. The molecule has 102 valence electrons.